The fourth-order valence-corrected chi connectivity index (χ4v) is 7.91. The summed E-state index contributed by atoms with van der Waals surface area (Å²) in [6, 6.07) is -0.612. The highest BCUT2D eigenvalue weighted by Gasteiger charge is 2.31. The standard InChI is InChI=1S/C52H99NO7/c1-6-8-10-12-14-16-18-20-22-24-26-28-30-32-34-36-38-40-42-50(54)59-47-48(46-58-45-44-49(52(56)57)53(3,4)5)60-51(55)43-41-39-37-35-33-31-29-27-25-23-21-19-17-15-13-11-9-7-2/h27,29,48-49H,6-26,28,30-47H2,1-5H3/p+1/b29-27+. The Morgan fingerprint density at radius 3 is 1.20 bits per heavy atom. The lowest BCUT2D eigenvalue weighted by Crippen LogP contribution is -2.50. The molecular weight excluding hydrogens is 751 g/mol. The first-order valence-electron chi connectivity index (χ1n) is 25.7. The smallest absolute Gasteiger partial charge is 0.362 e. The van der Waals surface area contributed by atoms with E-state index in [0.717, 1.165) is 51.4 Å². The van der Waals surface area contributed by atoms with Gasteiger partial charge in [-0.25, -0.2) is 4.79 Å². The van der Waals surface area contributed by atoms with Crippen LogP contribution in [0.5, 0.6) is 0 Å². The number of nitrogens with zero attached hydrogens (tertiary/aromatic N) is 1. The number of hydrogen-bond donors (Lipinski definition) is 1. The Balaban J connectivity index is 4.23. The quantitative estimate of drug-likeness (QED) is 0.0282. The number of carboxylic acids is 1. The number of hydrogen-bond acceptors (Lipinski definition) is 6. The van der Waals surface area contributed by atoms with Crippen molar-refractivity contribution < 1.29 is 38.2 Å². The average molecular weight is 851 g/mol. The van der Waals surface area contributed by atoms with Crippen molar-refractivity contribution in [2.75, 3.05) is 41.0 Å². The molecule has 0 aromatic carbocycles. The van der Waals surface area contributed by atoms with Gasteiger partial charge >= 0.3 is 17.9 Å². The van der Waals surface area contributed by atoms with E-state index in [1.54, 1.807) is 0 Å². The lowest BCUT2D eigenvalue weighted by molar-refractivity contribution is -0.887. The van der Waals surface area contributed by atoms with Crippen LogP contribution in [0.4, 0.5) is 0 Å². The van der Waals surface area contributed by atoms with Gasteiger partial charge in [-0.1, -0.05) is 206 Å². The first-order valence-corrected chi connectivity index (χ1v) is 25.7. The van der Waals surface area contributed by atoms with Gasteiger partial charge in [0.2, 0.25) is 0 Å². The van der Waals surface area contributed by atoms with Crippen molar-refractivity contribution in [3.8, 4) is 0 Å². The van der Waals surface area contributed by atoms with Crippen LogP contribution in [0, 0.1) is 0 Å². The summed E-state index contributed by atoms with van der Waals surface area (Å²) in [5.41, 5.74) is 0. The van der Waals surface area contributed by atoms with E-state index in [9.17, 15) is 19.5 Å². The number of carbonyl (C=O) groups is 3. The van der Waals surface area contributed by atoms with E-state index in [0.29, 0.717) is 19.3 Å². The third-order valence-corrected chi connectivity index (χ3v) is 11.9. The molecular formula is C52H100NO7+. The molecule has 60 heavy (non-hydrogen) atoms. The molecule has 0 aliphatic rings. The van der Waals surface area contributed by atoms with Crippen molar-refractivity contribution in [3.63, 3.8) is 0 Å². The maximum absolute atomic E-state index is 12.8. The molecule has 8 heteroatoms. The molecule has 0 aliphatic carbocycles. The van der Waals surface area contributed by atoms with E-state index in [4.69, 9.17) is 14.2 Å². The molecule has 0 saturated carbocycles. The van der Waals surface area contributed by atoms with Crippen LogP contribution in [0.25, 0.3) is 0 Å². The normalized spacial score (nSPS) is 12.9. The Morgan fingerprint density at radius 1 is 0.483 bits per heavy atom. The van der Waals surface area contributed by atoms with Crippen LogP contribution in [0.2, 0.25) is 0 Å². The summed E-state index contributed by atoms with van der Waals surface area (Å²) in [6.07, 6.45) is 48.3. The van der Waals surface area contributed by atoms with Gasteiger partial charge in [0.05, 0.1) is 34.4 Å². The predicted molar refractivity (Wildman–Crippen MR) is 252 cm³/mol. The molecule has 0 radical (unpaired) electrons. The summed E-state index contributed by atoms with van der Waals surface area (Å²) in [5.74, 6) is -1.46. The molecule has 354 valence electrons. The summed E-state index contributed by atoms with van der Waals surface area (Å²) in [4.78, 5) is 37.1. The minimum atomic E-state index is -0.872. The zero-order valence-corrected chi connectivity index (χ0v) is 40.4. The fraction of sp³-hybridized carbons (Fsp3) is 0.904. The Labute approximate surface area is 371 Å². The molecule has 0 aliphatic heterocycles. The number of carboxylic acid groups (broad SMARTS) is 1. The lowest BCUT2D eigenvalue weighted by atomic mass is 10.0. The SMILES string of the molecule is CCCCCCCCCCC/C=C/CCCCCCCC(=O)OC(COCCC(C(=O)O)[N+](C)(C)C)COC(=O)CCCCCCCCCCCCCCCCCCCC. The van der Waals surface area contributed by atoms with E-state index in [2.05, 4.69) is 26.0 Å². The van der Waals surface area contributed by atoms with Gasteiger partial charge in [-0.3, -0.25) is 9.59 Å². The van der Waals surface area contributed by atoms with Crippen LogP contribution in [-0.4, -0.2) is 80.6 Å². The third kappa shape index (κ3) is 41.4. The highest BCUT2D eigenvalue weighted by molar-refractivity contribution is 5.72. The molecule has 0 aromatic heterocycles. The van der Waals surface area contributed by atoms with Gasteiger partial charge in [-0.05, 0) is 38.5 Å². The number of esters is 2. The largest absolute Gasteiger partial charge is 0.477 e. The zero-order chi connectivity index (χ0) is 44.2. The van der Waals surface area contributed by atoms with Crippen LogP contribution in [0.15, 0.2) is 12.2 Å². The number of likely N-dealkylation sites (N-methyl/N-ethyl adjacent to an activating group) is 1. The van der Waals surface area contributed by atoms with E-state index in [-0.39, 0.29) is 36.2 Å². The molecule has 0 fully saturated rings. The Morgan fingerprint density at radius 2 is 0.833 bits per heavy atom. The number of allylic oxidation sites excluding steroid dienone is 2. The van der Waals surface area contributed by atoms with E-state index in [1.807, 2.05) is 21.1 Å². The highest BCUT2D eigenvalue weighted by Crippen LogP contribution is 2.16. The number of ether oxygens (including phenoxy) is 3. The Bertz CT molecular complexity index is 993. The second-order valence-corrected chi connectivity index (χ2v) is 18.8. The monoisotopic (exact) mass is 851 g/mol. The Hall–Kier alpha value is -1.93. The van der Waals surface area contributed by atoms with Crippen LogP contribution in [0.3, 0.4) is 0 Å². The Kier molecular flexibility index (Phi) is 42.3. The second kappa shape index (κ2) is 43.7. The van der Waals surface area contributed by atoms with Crippen LogP contribution < -0.4 is 0 Å². The summed E-state index contributed by atoms with van der Waals surface area (Å²) in [6.45, 7) is 4.78. The van der Waals surface area contributed by atoms with Crippen LogP contribution in [0.1, 0.15) is 251 Å². The van der Waals surface area contributed by atoms with Crippen molar-refractivity contribution in [2.24, 2.45) is 0 Å². The predicted octanol–water partition coefficient (Wildman–Crippen LogP) is 14.6. The highest BCUT2D eigenvalue weighted by atomic mass is 16.6. The number of carbonyl (C=O) groups excluding carboxylic acids is 2. The lowest BCUT2D eigenvalue weighted by Gasteiger charge is -2.31. The van der Waals surface area contributed by atoms with Crippen molar-refractivity contribution in [1.29, 1.82) is 0 Å². The fourth-order valence-electron chi connectivity index (χ4n) is 7.91. The summed E-state index contributed by atoms with van der Waals surface area (Å²) in [5, 5.41) is 9.65. The molecule has 8 nitrogen and oxygen atoms in total. The molecule has 0 heterocycles. The maximum atomic E-state index is 12.8. The minimum Gasteiger partial charge on any atom is -0.477 e. The number of unbranched alkanes of at least 4 members (excludes halogenated alkanes) is 31. The molecule has 0 rings (SSSR count). The molecule has 2 atom stereocenters. The van der Waals surface area contributed by atoms with Crippen molar-refractivity contribution >= 4 is 17.9 Å². The van der Waals surface area contributed by atoms with Gasteiger partial charge in [0.25, 0.3) is 0 Å². The van der Waals surface area contributed by atoms with E-state index in [1.165, 1.54) is 167 Å². The summed E-state index contributed by atoms with van der Waals surface area (Å²) >= 11 is 0. The zero-order valence-electron chi connectivity index (χ0n) is 40.4. The minimum absolute atomic E-state index is 0.0477. The topological polar surface area (TPSA) is 99.1 Å². The van der Waals surface area contributed by atoms with Gasteiger partial charge < -0.3 is 23.8 Å². The van der Waals surface area contributed by atoms with Crippen molar-refractivity contribution in [1.82, 2.24) is 0 Å². The van der Waals surface area contributed by atoms with Gasteiger partial charge in [0, 0.05) is 19.3 Å². The first-order chi connectivity index (χ1) is 29.1. The molecule has 1 N–H and O–H groups in total. The number of aliphatic carboxylic acids is 1. The summed E-state index contributed by atoms with van der Waals surface area (Å²) in [7, 11) is 5.54. The first kappa shape index (κ1) is 58.1. The van der Waals surface area contributed by atoms with E-state index < -0.39 is 18.1 Å². The van der Waals surface area contributed by atoms with Gasteiger partial charge in [-0.2, -0.15) is 0 Å². The van der Waals surface area contributed by atoms with Crippen molar-refractivity contribution in [3.05, 3.63) is 12.2 Å². The molecule has 0 aromatic rings. The molecule has 0 spiro atoms. The third-order valence-electron chi connectivity index (χ3n) is 11.9. The maximum Gasteiger partial charge on any atom is 0.362 e. The summed E-state index contributed by atoms with van der Waals surface area (Å²) < 4.78 is 17.4. The van der Waals surface area contributed by atoms with E-state index >= 15 is 0 Å². The van der Waals surface area contributed by atoms with Gasteiger partial charge in [0.15, 0.2) is 12.1 Å². The van der Waals surface area contributed by atoms with Gasteiger partial charge in [0.1, 0.15) is 6.61 Å². The molecule has 2 unspecified atom stereocenters. The molecule has 0 amide bonds. The van der Waals surface area contributed by atoms with Gasteiger partial charge in [-0.15, -0.1) is 0 Å². The van der Waals surface area contributed by atoms with Crippen molar-refractivity contribution in [2.45, 2.75) is 264 Å². The average Bonchev–Trinajstić information content (AvgIpc) is 3.21. The molecule has 0 saturated heterocycles. The molecule has 0 bridgehead atoms. The number of quaternary nitrogens is 1. The number of rotatable bonds is 47. The van der Waals surface area contributed by atoms with Crippen LogP contribution >= 0.6 is 0 Å². The van der Waals surface area contributed by atoms with Crippen LogP contribution in [-0.2, 0) is 28.6 Å². The second-order valence-electron chi connectivity index (χ2n) is 18.8.